The molecule has 10 heteroatoms. The number of hydrogen-bond donors (Lipinski definition) is 0. The van der Waals surface area contributed by atoms with Crippen molar-refractivity contribution in [2.45, 2.75) is 25.5 Å². The van der Waals surface area contributed by atoms with Gasteiger partial charge >= 0.3 is 6.09 Å². The fraction of sp³-hybridized carbons (Fsp3) is 0.348. The Bertz CT molecular complexity index is 1080. The zero-order chi connectivity index (χ0) is 23.2. The first-order chi connectivity index (χ1) is 16.0. The summed E-state index contributed by atoms with van der Waals surface area (Å²) in [5.74, 6) is 0.649. The van der Waals surface area contributed by atoms with Gasteiger partial charge in [0.15, 0.2) is 18.2 Å². The fourth-order valence-electron chi connectivity index (χ4n) is 3.87. The minimum atomic E-state index is -0.681. The lowest BCUT2D eigenvalue weighted by Gasteiger charge is -2.32. The summed E-state index contributed by atoms with van der Waals surface area (Å²) >= 11 is 6.34. The van der Waals surface area contributed by atoms with E-state index >= 15 is 0 Å². The van der Waals surface area contributed by atoms with E-state index in [1.54, 1.807) is 48.4 Å². The van der Waals surface area contributed by atoms with Crippen LogP contribution in [-0.2, 0) is 11.3 Å². The second-order valence-corrected chi connectivity index (χ2v) is 8.15. The highest BCUT2D eigenvalue weighted by atomic mass is 35.5. The molecule has 1 aliphatic rings. The normalized spacial score (nSPS) is 15.2. The molecule has 0 aliphatic carbocycles. The zero-order valence-corrected chi connectivity index (χ0v) is 18.9. The van der Waals surface area contributed by atoms with Crippen LogP contribution in [0.1, 0.15) is 34.9 Å². The van der Waals surface area contributed by atoms with Gasteiger partial charge in [-0.3, -0.25) is 4.79 Å². The standard InChI is InChI=1S/C23H24ClN5O4/c1-32-18-8-6-16(7-9-18)22(30)17-10-12-28(13-11-17)23(31)33-21(14-29-26-15-25-27-29)19-4-2-3-5-20(19)24/h2-9,15,17,21H,10-14H2,1H3. The number of carbonyl (C=O) groups excluding carboxylic acids is 2. The third-order valence-electron chi connectivity index (χ3n) is 5.71. The number of halogens is 1. The number of likely N-dealkylation sites (tertiary alicyclic amines) is 1. The molecule has 1 saturated heterocycles. The number of piperidine rings is 1. The summed E-state index contributed by atoms with van der Waals surface area (Å²) in [6, 6.07) is 14.3. The number of ketones is 1. The maximum Gasteiger partial charge on any atom is 0.410 e. The highest BCUT2D eigenvalue weighted by molar-refractivity contribution is 6.31. The van der Waals surface area contributed by atoms with E-state index in [9.17, 15) is 9.59 Å². The highest BCUT2D eigenvalue weighted by Gasteiger charge is 2.30. The van der Waals surface area contributed by atoms with E-state index in [4.69, 9.17) is 21.1 Å². The minimum Gasteiger partial charge on any atom is -0.497 e. The molecular formula is C23H24ClN5O4. The molecule has 0 spiro atoms. The Balaban J connectivity index is 1.38. The van der Waals surface area contributed by atoms with E-state index in [0.29, 0.717) is 47.8 Å². The number of aromatic nitrogens is 4. The monoisotopic (exact) mass is 469 g/mol. The summed E-state index contributed by atoms with van der Waals surface area (Å²) in [7, 11) is 1.59. The second kappa shape index (κ2) is 10.4. The van der Waals surface area contributed by atoms with Gasteiger partial charge in [0, 0.05) is 35.2 Å². The van der Waals surface area contributed by atoms with Gasteiger partial charge in [-0.1, -0.05) is 29.8 Å². The van der Waals surface area contributed by atoms with E-state index in [-0.39, 0.29) is 18.2 Å². The van der Waals surface area contributed by atoms with Gasteiger partial charge in [-0.2, -0.15) is 4.80 Å². The van der Waals surface area contributed by atoms with Crippen LogP contribution in [-0.4, -0.2) is 57.2 Å². The molecule has 9 nitrogen and oxygen atoms in total. The average Bonchev–Trinajstić information content (AvgIpc) is 3.37. The molecule has 1 fully saturated rings. The molecule has 0 N–H and O–H groups in total. The third kappa shape index (κ3) is 5.48. The van der Waals surface area contributed by atoms with Crippen LogP contribution in [0.4, 0.5) is 4.79 Å². The quantitative estimate of drug-likeness (QED) is 0.485. The summed E-state index contributed by atoms with van der Waals surface area (Å²) in [4.78, 5) is 28.7. The molecule has 172 valence electrons. The number of hydrogen-bond acceptors (Lipinski definition) is 7. The topological polar surface area (TPSA) is 99.4 Å². The van der Waals surface area contributed by atoms with Crippen LogP contribution >= 0.6 is 11.6 Å². The van der Waals surface area contributed by atoms with Crippen molar-refractivity contribution in [3.05, 3.63) is 71.0 Å². The molecule has 1 aromatic heterocycles. The molecular weight excluding hydrogens is 446 g/mol. The Kier molecular flexibility index (Phi) is 7.19. The summed E-state index contributed by atoms with van der Waals surface area (Å²) in [5, 5.41) is 12.0. The Morgan fingerprint density at radius 2 is 1.85 bits per heavy atom. The molecule has 33 heavy (non-hydrogen) atoms. The minimum absolute atomic E-state index is 0.0804. The van der Waals surface area contributed by atoms with Crippen LogP contribution in [0.3, 0.4) is 0 Å². The smallest absolute Gasteiger partial charge is 0.410 e. The number of rotatable bonds is 7. The molecule has 1 atom stereocenters. The van der Waals surface area contributed by atoms with Gasteiger partial charge < -0.3 is 14.4 Å². The second-order valence-electron chi connectivity index (χ2n) is 7.74. The Labute approximate surface area is 196 Å². The van der Waals surface area contributed by atoms with Crippen molar-refractivity contribution in [1.82, 2.24) is 25.1 Å². The number of carbonyl (C=O) groups is 2. The number of benzene rings is 2. The number of amides is 1. The van der Waals surface area contributed by atoms with E-state index in [1.165, 1.54) is 11.1 Å². The van der Waals surface area contributed by atoms with Crippen molar-refractivity contribution in [1.29, 1.82) is 0 Å². The lowest BCUT2D eigenvalue weighted by molar-refractivity contribution is 0.0408. The SMILES string of the molecule is COc1ccc(C(=O)C2CCN(C(=O)OC(Cn3ncnn3)c3ccccc3Cl)CC2)cc1. The molecule has 1 aliphatic heterocycles. The van der Waals surface area contributed by atoms with Crippen molar-refractivity contribution in [3.63, 3.8) is 0 Å². The molecule has 2 heterocycles. The number of ether oxygens (including phenoxy) is 2. The Morgan fingerprint density at radius 3 is 2.48 bits per heavy atom. The molecule has 0 bridgehead atoms. The van der Waals surface area contributed by atoms with Crippen molar-refractivity contribution >= 4 is 23.5 Å². The number of methoxy groups -OCH3 is 1. The van der Waals surface area contributed by atoms with Crippen molar-refractivity contribution < 1.29 is 19.1 Å². The first kappa shape index (κ1) is 22.7. The van der Waals surface area contributed by atoms with Gasteiger partial charge in [0.2, 0.25) is 0 Å². The van der Waals surface area contributed by atoms with Crippen molar-refractivity contribution in [2.24, 2.45) is 5.92 Å². The van der Waals surface area contributed by atoms with E-state index in [1.807, 2.05) is 12.1 Å². The van der Waals surface area contributed by atoms with Gasteiger partial charge in [-0.05, 0) is 48.4 Å². The molecule has 0 saturated carbocycles. The number of Topliss-reactive ketones (excluding diaryl/α,β-unsaturated/α-hetero) is 1. The number of tetrazole rings is 1. The highest BCUT2D eigenvalue weighted by Crippen LogP contribution is 2.29. The summed E-state index contributed by atoms with van der Waals surface area (Å²) in [6.45, 7) is 1.05. The van der Waals surface area contributed by atoms with Gasteiger partial charge in [0.25, 0.3) is 0 Å². The van der Waals surface area contributed by atoms with Gasteiger partial charge in [-0.25, -0.2) is 4.79 Å². The van der Waals surface area contributed by atoms with E-state index < -0.39 is 12.2 Å². The fourth-order valence-corrected chi connectivity index (χ4v) is 4.12. The van der Waals surface area contributed by atoms with Crippen LogP contribution in [0, 0.1) is 5.92 Å². The molecule has 3 aromatic rings. The van der Waals surface area contributed by atoms with Crippen LogP contribution in [0.25, 0.3) is 0 Å². The van der Waals surface area contributed by atoms with Gasteiger partial charge in [-0.15, -0.1) is 10.2 Å². The maximum absolute atomic E-state index is 12.9. The number of nitrogens with zero attached hydrogens (tertiary/aromatic N) is 5. The summed E-state index contributed by atoms with van der Waals surface area (Å²) < 4.78 is 11.0. The Morgan fingerprint density at radius 1 is 1.12 bits per heavy atom. The van der Waals surface area contributed by atoms with Crippen LogP contribution in [0.5, 0.6) is 5.75 Å². The van der Waals surface area contributed by atoms with Crippen LogP contribution in [0.2, 0.25) is 5.02 Å². The van der Waals surface area contributed by atoms with E-state index in [2.05, 4.69) is 15.4 Å². The summed E-state index contributed by atoms with van der Waals surface area (Å²) in [5.41, 5.74) is 1.31. The van der Waals surface area contributed by atoms with Crippen molar-refractivity contribution in [3.8, 4) is 5.75 Å². The molecule has 1 unspecified atom stereocenters. The predicted molar refractivity (Wildman–Crippen MR) is 120 cm³/mol. The molecule has 0 radical (unpaired) electrons. The third-order valence-corrected chi connectivity index (χ3v) is 6.06. The lowest BCUT2D eigenvalue weighted by Crippen LogP contribution is -2.41. The summed E-state index contributed by atoms with van der Waals surface area (Å²) in [6.07, 6.45) is 1.31. The first-order valence-corrected chi connectivity index (χ1v) is 11.0. The van der Waals surface area contributed by atoms with Crippen LogP contribution < -0.4 is 4.74 Å². The first-order valence-electron chi connectivity index (χ1n) is 10.6. The average molecular weight is 470 g/mol. The largest absolute Gasteiger partial charge is 0.497 e. The van der Waals surface area contributed by atoms with E-state index in [0.717, 1.165) is 0 Å². The molecule has 4 rings (SSSR count). The predicted octanol–water partition coefficient (Wildman–Crippen LogP) is 3.81. The van der Waals surface area contributed by atoms with Gasteiger partial charge in [0.05, 0.1) is 7.11 Å². The zero-order valence-electron chi connectivity index (χ0n) is 18.1. The van der Waals surface area contributed by atoms with Crippen LogP contribution in [0.15, 0.2) is 54.9 Å². The molecule has 2 aromatic carbocycles. The van der Waals surface area contributed by atoms with Crippen molar-refractivity contribution in [2.75, 3.05) is 20.2 Å². The molecule has 1 amide bonds. The lowest BCUT2D eigenvalue weighted by atomic mass is 9.89. The van der Waals surface area contributed by atoms with Gasteiger partial charge in [0.1, 0.15) is 12.3 Å². The maximum atomic E-state index is 12.9. The Hall–Kier alpha value is -3.46.